The average molecular weight is 491 g/mol. The summed E-state index contributed by atoms with van der Waals surface area (Å²) in [5, 5.41) is 0. The van der Waals surface area contributed by atoms with Gasteiger partial charge in [0.15, 0.2) is 5.69 Å². The number of alkyl halides is 6. The lowest BCUT2D eigenvalue weighted by atomic mass is 9.99. The SMILES string of the molecule is CC(C)OC(=O)c1cc(-c2nc(Br)c(C(F)(F)F)[nH]2)c(F)cc1C(=O)C(F)(F)F. The maximum atomic E-state index is 14.4. The normalized spacial score (nSPS) is 12.4. The number of hydrogen-bond donors (Lipinski definition) is 1. The standard InChI is InChI=1S/C16H10BrF7N2O3/c1-5(2)29-14(28)7-3-8(9(18)4-6(7)11(27)16(22,23)24)13-25-10(12(17)26-13)15(19,20)21/h3-5H,1-2H3,(H,25,26). The van der Waals surface area contributed by atoms with Gasteiger partial charge >= 0.3 is 18.3 Å². The highest BCUT2D eigenvalue weighted by atomic mass is 79.9. The fourth-order valence-corrected chi connectivity index (χ4v) is 2.71. The number of imidazole rings is 1. The van der Waals surface area contributed by atoms with Crippen molar-refractivity contribution in [3.63, 3.8) is 0 Å². The van der Waals surface area contributed by atoms with Crippen molar-refractivity contribution in [1.82, 2.24) is 9.97 Å². The van der Waals surface area contributed by atoms with Gasteiger partial charge in [0.25, 0.3) is 5.78 Å². The first kappa shape index (κ1) is 22.8. The number of hydrogen-bond acceptors (Lipinski definition) is 4. The number of aromatic nitrogens is 2. The van der Waals surface area contributed by atoms with Crippen molar-refractivity contribution < 1.29 is 45.1 Å². The Morgan fingerprint density at radius 1 is 1.10 bits per heavy atom. The topological polar surface area (TPSA) is 72.0 Å². The van der Waals surface area contributed by atoms with E-state index >= 15 is 0 Å². The predicted octanol–water partition coefficient (Wildman–Crippen LogP) is 5.31. The summed E-state index contributed by atoms with van der Waals surface area (Å²) in [5.41, 5.74) is -4.46. The third kappa shape index (κ3) is 4.95. The molecule has 158 valence electrons. The number of aromatic amines is 1. The van der Waals surface area contributed by atoms with Gasteiger partial charge in [0.1, 0.15) is 16.2 Å². The molecule has 1 heterocycles. The molecule has 0 aliphatic heterocycles. The van der Waals surface area contributed by atoms with Gasteiger partial charge in [-0.05, 0) is 41.9 Å². The second-order valence-electron chi connectivity index (χ2n) is 5.91. The molecule has 0 amide bonds. The number of nitrogens with zero attached hydrogens (tertiary/aromatic N) is 1. The lowest BCUT2D eigenvalue weighted by Gasteiger charge is -2.14. The molecule has 5 nitrogen and oxygen atoms in total. The summed E-state index contributed by atoms with van der Waals surface area (Å²) < 4.78 is 95.5. The third-order valence-corrected chi connectivity index (χ3v) is 3.94. The van der Waals surface area contributed by atoms with Gasteiger partial charge in [-0.2, -0.15) is 26.3 Å². The molecule has 0 aliphatic carbocycles. The molecule has 0 radical (unpaired) electrons. The van der Waals surface area contributed by atoms with Crippen molar-refractivity contribution in [2.24, 2.45) is 0 Å². The van der Waals surface area contributed by atoms with E-state index in [1.807, 2.05) is 0 Å². The molecule has 2 rings (SSSR count). The predicted molar refractivity (Wildman–Crippen MR) is 87.6 cm³/mol. The second kappa shape index (κ2) is 7.76. The van der Waals surface area contributed by atoms with E-state index in [0.717, 1.165) is 0 Å². The Kier molecular flexibility index (Phi) is 6.12. The minimum atomic E-state index is -5.43. The Balaban J connectivity index is 2.71. The van der Waals surface area contributed by atoms with E-state index in [9.17, 15) is 40.3 Å². The van der Waals surface area contributed by atoms with Crippen LogP contribution in [0.3, 0.4) is 0 Å². The van der Waals surface area contributed by atoms with Gasteiger partial charge in [-0.25, -0.2) is 14.2 Å². The van der Waals surface area contributed by atoms with Gasteiger partial charge in [-0.1, -0.05) is 0 Å². The number of nitrogens with one attached hydrogen (secondary N) is 1. The number of ether oxygens (including phenoxy) is 1. The fraction of sp³-hybridized carbons (Fsp3) is 0.312. The van der Waals surface area contributed by atoms with E-state index in [4.69, 9.17) is 4.74 Å². The van der Waals surface area contributed by atoms with Crippen LogP contribution >= 0.6 is 15.9 Å². The summed E-state index contributed by atoms with van der Waals surface area (Å²) in [6.07, 6.45) is -11.1. The maximum Gasteiger partial charge on any atom is 0.454 e. The summed E-state index contributed by atoms with van der Waals surface area (Å²) in [6.45, 7) is 2.74. The number of benzene rings is 1. The smallest absolute Gasteiger partial charge is 0.454 e. The molecule has 0 aliphatic rings. The quantitative estimate of drug-likeness (QED) is 0.358. The zero-order valence-corrected chi connectivity index (χ0v) is 16.0. The van der Waals surface area contributed by atoms with E-state index < -0.39 is 68.8 Å². The summed E-state index contributed by atoms with van der Waals surface area (Å²) in [7, 11) is 0. The molecule has 0 atom stereocenters. The van der Waals surface area contributed by atoms with Crippen molar-refractivity contribution in [3.8, 4) is 11.4 Å². The molecule has 1 aromatic heterocycles. The van der Waals surface area contributed by atoms with E-state index in [-0.39, 0.29) is 6.07 Å². The summed E-state index contributed by atoms with van der Waals surface area (Å²) in [6, 6.07) is 0.580. The molecule has 13 heteroatoms. The minimum Gasteiger partial charge on any atom is -0.459 e. The third-order valence-electron chi connectivity index (χ3n) is 3.37. The molecule has 0 bridgehead atoms. The number of halogens is 8. The largest absolute Gasteiger partial charge is 0.459 e. The van der Waals surface area contributed by atoms with Crippen LogP contribution in [0.1, 0.15) is 40.3 Å². The number of ketones is 1. The van der Waals surface area contributed by atoms with Gasteiger partial charge < -0.3 is 9.72 Å². The van der Waals surface area contributed by atoms with Crippen molar-refractivity contribution in [1.29, 1.82) is 0 Å². The van der Waals surface area contributed by atoms with Crippen LogP contribution in [0.15, 0.2) is 16.7 Å². The highest BCUT2D eigenvalue weighted by Gasteiger charge is 2.42. The molecule has 0 saturated carbocycles. The van der Waals surface area contributed by atoms with Gasteiger partial charge in [0.05, 0.1) is 17.2 Å². The van der Waals surface area contributed by atoms with Crippen LogP contribution in [0.4, 0.5) is 30.7 Å². The van der Waals surface area contributed by atoms with Crippen LogP contribution < -0.4 is 0 Å². The monoisotopic (exact) mass is 490 g/mol. The van der Waals surface area contributed by atoms with E-state index in [0.29, 0.717) is 6.07 Å². The number of esters is 1. The van der Waals surface area contributed by atoms with Gasteiger partial charge in [0.2, 0.25) is 0 Å². The highest BCUT2D eigenvalue weighted by Crippen LogP contribution is 2.36. The highest BCUT2D eigenvalue weighted by molar-refractivity contribution is 9.10. The number of carbonyl (C=O) groups is 2. The molecular weight excluding hydrogens is 481 g/mol. The van der Waals surface area contributed by atoms with Crippen molar-refractivity contribution in [3.05, 3.63) is 39.4 Å². The first-order valence-electron chi connectivity index (χ1n) is 7.62. The van der Waals surface area contributed by atoms with Crippen molar-refractivity contribution in [2.45, 2.75) is 32.3 Å². The number of rotatable bonds is 4. The number of Topliss-reactive ketones (excluding diaryl/α,β-unsaturated/α-hetero) is 1. The number of carbonyl (C=O) groups excluding carboxylic acids is 2. The molecule has 1 aromatic carbocycles. The maximum absolute atomic E-state index is 14.4. The summed E-state index contributed by atoms with van der Waals surface area (Å²) in [5.74, 6) is -6.15. The van der Waals surface area contributed by atoms with Gasteiger partial charge in [-0.3, -0.25) is 4.79 Å². The van der Waals surface area contributed by atoms with Crippen LogP contribution in [0, 0.1) is 5.82 Å². The molecule has 2 aromatic rings. The van der Waals surface area contributed by atoms with Gasteiger partial charge in [0, 0.05) is 5.56 Å². The van der Waals surface area contributed by atoms with Crippen LogP contribution in [-0.2, 0) is 10.9 Å². The van der Waals surface area contributed by atoms with Crippen LogP contribution in [0.25, 0.3) is 11.4 Å². The minimum absolute atomic E-state index is 0.103. The van der Waals surface area contributed by atoms with Crippen LogP contribution in [0.5, 0.6) is 0 Å². The lowest BCUT2D eigenvalue weighted by molar-refractivity contribution is -0.141. The first-order valence-corrected chi connectivity index (χ1v) is 8.41. The summed E-state index contributed by atoms with van der Waals surface area (Å²) >= 11 is 2.54. The Morgan fingerprint density at radius 2 is 1.69 bits per heavy atom. The van der Waals surface area contributed by atoms with Crippen LogP contribution in [0.2, 0.25) is 0 Å². The molecule has 1 N–H and O–H groups in total. The van der Waals surface area contributed by atoms with Crippen molar-refractivity contribution >= 4 is 27.7 Å². The zero-order valence-electron chi connectivity index (χ0n) is 14.4. The Labute approximate surface area is 166 Å². The van der Waals surface area contributed by atoms with Crippen molar-refractivity contribution in [2.75, 3.05) is 0 Å². The Morgan fingerprint density at radius 3 is 2.14 bits per heavy atom. The molecule has 0 saturated heterocycles. The second-order valence-corrected chi connectivity index (χ2v) is 6.66. The molecule has 29 heavy (non-hydrogen) atoms. The van der Waals surface area contributed by atoms with E-state index in [1.165, 1.54) is 13.8 Å². The lowest BCUT2D eigenvalue weighted by Crippen LogP contribution is -2.26. The molecule has 0 spiro atoms. The van der Waals surface area contributed by atoms with Crippen LogP contribution in [-0.4, -0.2) is 34.0 Å². The zero-order chi connectivity index (χ0) is 22.3. The molecule has 0 fully saturated rings. The van der Waals surface area contributed by atoms with Gasteiger partial charge in [-0.15, -0.1) is 0 Å². The number of H-pyrrole nitrogens is 1. The molecular formula is C16H10BrF7N2O3. The Bertz CT molecular complexity index is 965. The van der Waals surface area contributed by atoms with E-state index in [2.05, 4.69) is 20.9 Å². The Hall–Kier alpha value is -2.44. The average Bonchev–Trinajstić information content (AvgIpc) is 2.94. The van der Waals surface area contributed by atoms with E-state index in [1.54, 1.807) is 4.98 Å². The summed E-state index contributed by atoms with van der Waals surface area (Å²) in [4.78, 5) is 29.0. The fourth-order valence-electron chi connectivity index (χ4n) is 2.21. The first-order chi connectivity index (χ1) is 13.1. The molecule has 0 unspecified atom stereocenters.